The van der Waals surface area contributed by atoms with E-state index in [0.717, 1.165) is 40.3 Å². The van der Waals surface area contributed by atoms with Gasteiger partial charge in [-0.25, -0.2) is 4.98 Å². The molecule has 2 aromatic heterocycles. The van der Waals surface area contributed by atoms with Crippen molar-refractivity contribution in [3.63, 3.8) is 0 Å². The number of aromatic amines is 1. The highest BCUT2D eigenvalue weighted by Crippen LogP contribution is 2.31. The smallest absolute Gasteiger partial charge is 0.416 e. The van der Waals surface area contributed by atoms with Crippen molar-refractivity contribution in [2.45, 2.75) is 26.6 Å². The van der Waals surface area contributed by atoms with Gasteiger partial charge in [0.2, 0.25) is 0 Å². The summed E-state index contributed by atoms with van der Waals surface area (Å²) in [4.78, 5) is 11.9. The number of H-pyrrole nitrogens is 1. The molecule has 2 aromatic carbocycles. The minimum absolute atomic E-state index is 0.376. The molecule has 4 rings (SSSR count). The van der Waals surface area contributed by atoms with Gasteiger partial charge in [0.1, 0.15) is 18.2 Å². The van der Waals surface area contributed by atoms with Crippen LogP contribution in [0, 0.1) is 13.8 Å². The molecule has 4 nitrogen and oxygen atoms in total. The minimum atomic E-state index is -4.36. The summed E-state index contributed by atoms with van der Waals surface area (Å²) in [6, 6.07) is 14.6. The van der Waals surface area contributed by atoms with Gasteiger partial charge in [0.25, 0.3) is 0 Å². The van der Waals surface area contributed by atoms with Gasteiger partial charge >= 0.3 is 6.18 Å². The van der Waals surface area contributed by atoms with Crippen LogP contribution in [-0.4, -0.2) is 15.0 Å². The first-order valence-electron chi connectivity index (χ1n) is 9.68. The molecule has 0 spiro atoms. The molecule has 7 heteroatoms. The number of benzene rings is 2. The lowest BCUT2D eigenvalue weighted by Crippen LogP contribution is -2.04. The molecule has 0 saturated heterocycles. The number of nitrogens with one attached hydrogen (secondary N) is 1. The van der Waals surface area contributed by atoms with Gasteiger partial charge in [0, 0.05) is 23.5 Å². The monoisotopic (exact) mass is 423 g/mol. The Kier molecular flexibility index (Phi) is 5.50. The fourth-order valence-corrected chi connectivity index (χ4v) is 3.14. The van der Waals surface area contributed by atoms with Crippen LogP contribution in [0.4, 0.5) is 13.2 Å². The molecule has 0 unspecified atom stereocenters. The molecule has 0 amide bonds. The quantitative estimate of drug-likeness (QED) is 0.407. The second-order valence-corrected chi connectivity index (χ2v) is 7.31. The molecule has 0 aliphatic carbocycles. The fraction of sp³-hybridized carbons (Fsp3) is 0.167. The first kappa shape index (κ1) is 20.7. The van der Waals surface area contributed by atoms with Crippen LogP contribution in [0.25, 0.3) is 22.6 Å². The highest BCUT2D eigenvalue weighted by Gasteiger charge is 2.30. The van der Waals surface area contributed by atoms with Gasteiger partial charge in [0.05, 0.1) is 17.0 Å². The van der Waals surface area contributed by atoms with E-state index in [-0.39, 0.29) is 0 Å². The molecule has 4 aromatic rings. The lowest BCUT2D eigenvalue weighted by atomic mass is 10.1. The Hall–Kier alpha value is -3.61. The molecule has 0 fully saturated rings. The van der Waals surface area contributed by atoms with Crippen LogP contribution in [-0.2, 0) is 12.8 Å². The zero-order valence-electron chi connectivity index (χ0n) is 17.0. The number of pyridine rings is 1. The fourth-order valence-electron chi connectivity index (χ4n) is 3.14. The Morgan fingerprint density at radius 3 is 2.32 bits per heavy atom. The summed E-state index contributed by atoms with van der Waals surface area (Å²) in [5.74, 6) is 1.26. The summed E-state index contributed by atoms with van der Waals surface area (Å²) in [5, 5.41) is 0. The minimum Gasteiger partial charge on any atom is -0.487 e. The highest BCUT2D eigenvalue weighted by atomic mass is 19.4. The van der Waals surface area contributed by atoms with Crippen LogP contribution in [0.1, 0.15) is 22.4 Å². The van der Waals surface area contributed by atoms with Crippen LogP contribution in [0.5, 0.6) is 5.75 Å². The van der Waals surface area contributed by atoms with E-state index in [2.05, 4.69) is 15.0 Å². The predicted octanol–water partition coefficient (Wildman–Crippen LogP) is 6.35. The van der Waals surface area contributed by atoms with Crippen molar-refractivity contribution in [3.8, 4) is 28.4 Å². The second-order valence-electron chi connectivity index (χ2n) is 7.31. The number of imidazole rings is 1. The van der Waals surface area contributed by atoms with Gasteiger partial charge < -0.3 is 9.72 Å². The average Bonchev–Trinajstić information content (AvgIpc) is 3.24. The van der Waals surface area contributed by atoms with E-state index in [1.54, 1.807) is 12.4 Å². The summed E-state index contributed by atoms with van der Waals surface area (Å²) in [6.07, 6.45) is -0.817. The van der Waals surface area contributed by atoms with Crippen LogP contribution in [0.2, 0.25) is 0 Å². The maximum Gasteiger partial charge on any atom is 0.416 e. The van der Waals surface area contributed by atoms with Crippen molar-refractivity contribution < 1.29 is 17.9 Å². The predicted molar refractivity (Wildman–Crippen MR) is 113 cm³/mol. The van der Waals surface area contributed by atoms with Crippen molar-refractivity contribution in [1.82, 2.24) is 15.0 Å². The number of nitrogens with zero attached hydrogens (tertiary/aromatic N) is 2. The lowest BCUT2D eigenvalue weighted by Gasteiger charge is -2.10. The van der Waals surface area contributed by atoms with Gasteiger partial charge in [-0.3, -0.25) is 4.98 Å². The second kappa shape index (κ2) is 8.26. The zero-order chi connectivity index (χ0) is 22.0. The van der Waals surface area contributed by atoms with E-state index in [1.165, 1.54) is 12.1 Å². The van der Waals surface area contributed by atoms with Crippen LogP contribution in [0.3, 0.4) is 0 Å². The largest absolute Gasteiger partial charge is 0.487 e. The third-order valence-electron chi connectivity index (χ3n) is 4.88. The Morgan fingerprint density at radius 2 is 1.68 bits per heavy atom. The normalized spacial score (nSPS) is 11.5. The number of rotatable bonds is 5. The molecule has 0 radical (unpaired) electrons. The molecule has 0 bridgehead atoms. The van der Waals surface area contributed by atoms with E-state index in [1.807, 2.05) is 44.2 Å². The highest BCUT2D eigenvalue weighted by molar-refractivity contribution is 5.66. The topological polar surface area (TPSA) is 50.8 Å². The van der Waals surface area contributed by atoms with Crippen molar-refractivity contribution >= 4 is 0 Å². The van der Waals surface area contributed by atoms with Crippen molar-refractivity contribution in [2.24, 2.45) is 0 Å². The summed E-state index contributed by atoms with van der Waals surface area (Å²) >= 11 is 0. The number of aryl methyl sites for hydroxylation is 2. The Bertz CT molecular complexity index is 1180. The third kappa shape index (κ3) is 4.77. The molecule has 1 N–H and O–H groups in total. The van der Waals surface area contributed by atoms with Crippen LogP contribution in [0.15, 0.2) is 67.0 Å². The SMILES string of the molecule is Cc1ccc(COc2ccc(-c3c[nH]c(-c4ccc(C(F)(F)F)cc4)n3)cc2C)nc1. The van der Waals surface area contributed by atoms with Gasteiger partial charge in [-0.1, -0.05) is 18.2 Å². The third-order valence-corrected chi connectivity index (χ3v) is 4.88. The van der Waals surface area contributed by atoms with Crippen molar-refractivity contribution in [3.05, 3.63) is 89.4 Å². The van der Waals surface area contributed by atoms with Crippen molar-refractivity contribution in [1.29, 1.82) is 0 Å². The summed E-state index contributed by atoms with van der Waals surface area (Å²) in [6.45, 7) is 4.31. The zero-order valence-corrected chi connectivity index (χ0v) is 17.0. The maximum atomic E-state index is 12.7. The Morgan fingerprint density at radius 1 is 0.935 bits per heavy atom. The van der Waals surface area contributed by atoms with E-state index >= 15 is 0 Å². The number of aromatic nitrogens is 3. The molecule has 0 atom stereocenters. The van der Waals surface area contributed by atoms with E-state index in [4.69, 9.17) is 4.74 Å². The first-order valence-corrected chi connectivity index (χ1v) is 9.68. The van der Waals surface area contributed by atoms with Gasteiger partial charge in [-0.05, 0) is 61.4 Å². The van der Waals surface area contributed by atoms with Gasteiger partial charge in [0.15, 0.2) is 0 Å². The molecule has 31 heavy (non-hydrogen) atoms. The van der Waals surface area contributed by atoms with Gasteiger partial charge in [-0.2, -0.15) is 13.2 Å². The lowest BCUT2D eigenvalue weighted by molar-refractivity contribution is -0.137. The van der Waals surface area contributed by atoms with E-state index in [0.29, 0.717) is 23.7 Å². The summed E-state index contributed by atoms with van der Waals surface area (Å²) in [7, 11) is 0. The number of hydrogen-bond acceptors (Lipinski definition) is 3. The molecule has 2 heterocycles. The Labute approximate surface area is 177 Å². The molecule has 158 valence electrons. The number of halogens is 3. The molecular weight excluding hydrogens is 403 g/mol. The summed E-state index contributed by atoms with van der Waals surface area (Å²) < 4.78 is 44.1. The summed E-state index contributed by atoms with van der Waals surface area (Å²) in [5.41, 5.74) is 4.37. The van der Waals surface area contributed by atoms with Crippen LogP contribution < -0.4 is 4.74 Å². The molecular formula is C24H20F3N3O. The number of ether oxygens (including phenoxy) is 1. The number of hydrogen-bond donors (Lipinski definition) is 1. The molecule has 0 aliphatic heterocycles. The van der Waals surface area contributed by atoms with Crippen LogP contribution >= 0.6 is 0 Å². The maximum absolute atomic E-state index is 12.7. The van der Waals surface area contributed by atoms with Crippen molar-refractivity contribution in [2.75, 3.05) is 0 Å². The average molecular weight is 423 g/mol. The number of alkyl halides is 3. The molecule has 0 aliphatic rings. The Balaban J connectivity index is 1.48. The molecule has 0 saturated carbocycles. The standard InChI is InChI=1S/C24H20F3N3O/c1-15-3-9-20(28-12-15)14-31-22-10-6-18(11-16(22)2)21-13-29-23(30-21)17-4-7-19(8-5-17)24(25,26)27/h3-13H,14H2,1-2H3,(H,29,30). The first-order chi connectivity index (χ1) is 14.8. The van der Waals surface area contributed by atoms with E-state index < -0.39 is 11.7 Å². The van der Waals surface area contributed by atoms with Gasteiger partial charge in [-0.15, -0.1) is 0 Å². The van der Waals surface area contributed by atoms with E-state index in [9.17, 15) is 13.2 Å².